The molecule has 0 bridgehead atoms. The quantitative estimate of drug-likeness (QED) is 0.649. The van der Waals surface area contributed by atoms with Crippen LogP contribution in [0.3, 0.4) is 0 Å². The minimum Gasteiger partial charge on any atom is -0.487 e. The van der Waals surface area contributed by atoms with Crippen molar-refractivity contribution in [3.63, 3.8) is 0 Å². The fraction of sp³-hybridized carbons (Fsp3) is 0.478. The van der Waals surface area contributed by atoms with Crippen LogP contribution < -0.4 is 4.74 Å². The van der Waals surface area contributed by atoms with E-state index < -0.39 is 11.7 Å². The number of carbonyl (C=O) groups is 1. The standard InChI is InChI=1S/C23H27F3N2O2/c1-16-13-22(2,3)10-11-28(14-16)21(29)20-9-5-7-18(27-20)15-30-19-8-4-6-17(12-19)23(24,25)26/h4-9,12,16H,10-11,13-15H2,1-3H3/t16-/m1/s1. The lowest BCUT2D eigenvalue weighted by Gasteiger charge is -2.23. The van der Waals surface area contributed by atoms with E-state index in [1.165, 1.54) is 12.1 Å². The molecule has 1 aliphatic heterocycles. The highest BCUT2D eigenvalue weighted by Crippen LogP contribution is 2.33. The van der Waals surface area contributed by atoms with E-state index in [4.69, 9.17) is 4.74 Å². The Kier molecular flexibility index (Phi) is 6.38. The van der Waals surface area contributed by atoms with Crippen molar-refractivity contribution in [3.8, 4) is 5.75 Å². The molecule has 1 aliphatic rings. The molecule has 7 heteroatoms. The molecule has 1 amide bonds. The van der Waals surface area contributed by atoms with Crippen LogP contribution in [0.5, 0.6) is 5.75 Å². The van der Waals surface area contributed by atoms with Gasteiger partial charge in [0.25, 0.3) is 5.91 Å². The Balaban J connectivity index is 1.68. The predicted molar refractivity (Wildman–Crippen MR) is 108 cm³/mol. The summed E-state index contributed by atoms with van der Waals surface area (Å²) >= 11 is 0. The highest BCUT2D eigenvalue weighted by molar-refractivity contribution is 5.92. The Hall–Kier alpha value is -2.57. The lowest BCUT2D eigenvalue weighted by molar-refractivity contribution is -0.137. The monoisotopic (exact) mass is 420 g/mol. The number of hydrogen-bond acceptors (Lipinski definition) is 3. The Bertz CT molecular complexity index is 896. The van der Waals surface area contributed by atoms with Crippen LogP contribution in [0.25, 0.3) is 0 Å². The van der Waals surface area contributed by atoms with Crippen LogP contribution in [0, 0.1) is 11.3 Å². The maximum absolute atomic E-state index is 13.0. The first-order valence-corrected chi connectivity index (χ1v) is 10.1. The first-order valence-electron chi connectivity index (χ1n) is 10.1. The van der Waals surface area contributed by atoms with Crippen LogP contribution in [0.2, 0.25) is 0 Å². The van der Waals surface area contributed by atoms with Gasteiger partial charge in [-0.1, -0.05) is 32.9 Å². The molecule has 0 saturated carbocycles. The highest BCUT2D eigenvalue weighted by atomic mass is 19.4. The van der Waals surface area contributed by atoms with Crippen LogP contribution in [0.15, 0.2) is 42.5 Å². The van der Waals surface area contributed by atoms with E-state index in [9.17, 15) is 18.0 Å². The molecule has 30 heavy (non-hydrogen) atoms. The van der Waals surface area contributed by atoms with Crippen LogP contribution in [0.1, 0.15) is 55.4 Å². The summed E-state index contributed by atoms with van der Waals surface area (Å²) in [5.41, 5.74) is 0.242. The van der Waals surface area contributed by atoms with E-state index in [1.807, 2.05) is 4.90 Å². The number of pyridine rings is 1. The minimum atomic E-state index is -4.43. The number of aromatic nitrogens is 1. The largest absolute Gasteiger partial charge is 0.487 e. The molecule has 4 nitrogen and oxygen atoms in total. The van der Waals surface area contributed by atoms with E-state index >= 15 is 0 Å². The topological polar surface area (TPSA) is 42.4 Å². The van der Waals surface area contributed by atoms with E-state index in [1.54, 1.807) is 18.2 Å². The second kappa shape index (κ2) is 8.66. The van der Waals surface area contributed by atoms with Crippen molar-refractivity contribution in [2.45, 2.75) is 46.4 Å². The van der Waals surface area contributed by atoms with Crippen molar-refractivity contribution in [2.24, 2.45) is 11.3 Å². The Morgan fingerprint density at radius 2 is 1.97 bits per heavy atom. The molecule has 1 aromatic carbocycles. The number of benzene rings is 1. The smallest absolute Gasteiger partial charge is 0.416 e. The maximum atomic E-state index is 13.0. The molecule has 0 N–H and O–H groups in total. The molecule has 3 rings (SSSR count). The Morgan fingerprint density at radius 1 is 1.23 bits per heavy atom. The predicted octanol–water partition coefficient (Wildman–Crippen LogP) is 5.58. The van der Waals surface area contributed by atoms with Crippen molar-refractivity contribution < 1.29 is 22.7 Å². The number of rotatable bonds is 4. The normalized spacial score (nSPS) is 19.3. The lowest BCUT2D eigenvalue weighted by atomic mass is 9.82. The van der Waals surface area contributed by atoms with Gasteiger partial charge in [-0.2, -0.15) is 13.2 Å². The van der Waals surface area contributed by atoms with Crippen LogP contribution in [0.4, 0.5) is 13.2 Å². The zero-order chi connectivity index (χ0) is 21.9. The molecule has 2 heterocycles. The van der Waals surface area contributed by atoms with Gasteiger partial charge < -0.3 is 9.64 Å². The summed E-state index contributed by atoms with van der Waals surface area (Å²) < 4.78 is 44.0. The summed E-state index contributed by atoms with van der Waals surface area (Å²) in [6.45, 7) is 7.95. The fourth-order valence-electron chi connectivity index (χ4n) is 3.96. The lowest BCUT2D eigenvalue weighted by Crippen LogP contribution is -2.34. The van der Waals surface area contributed by atoms with Gasteiger partial charge in [0, 0.05) is 13.1 Å². The SMILES string of the molecule is C[C@H]1CN(C(=O)c2cccc(COc3cccc(C(F)(F)F)c3)n2)CCC(C)(C)C1. The van der Waals surface area contributed by atoms with Gasteiger partial charge in [0.05, 0.1) is 11.3 Å². The molecule has 0 radical (unpaired) electrons. The van der Waals surface area contributed by atoms with Gasteiger partial charge in [-0.15, -0.1) is 0 Å². The third-order valence-electron chi connectivity index (χ3n) is 5.35. The second-order valence-corrected chi connectivity index (χ2v) is 8.80. The number of ether oxygens (including phenoxy) is 1. The molecule has 1 atom stereocenters. The molecule has 2 aromatic rings. The Labute approximate surface area is 175 Å². The summed E-state index contributed by atoms with van der Waals surface area (Å²) in [4.78, 5) is 19.2. The van der Waals surface area contributed by atoms with Crippen LogP contribution in [-0.4, -0.2) is 28.9 Å². The van der Waals surface area contributed by atoms with Gasteiger partial charge >= 0.3 is 6.18 Å². The number of hydrogen-bond donors (Lipinski definition) is 0. The molecule has 162 valence electrons. The van der Waals surface area contributed by atoms with Gasteiger partial charge in [0.15, 0.2) is 0 Å². The van der Waals surface area contributed by atoms with Gasteiger partial charge in [0.1, 0.15) is 18.1 Å². The average Bonchev–Trinajstić information content (AvgIpc) is 2.82. The van der Waals surface area contributed by atoms with Crippen molar-refractivity contribution >= 4 is 5.91 Å². The number of alkyl halides is 3. The third kappa shape index (κ3) is 5.74. The summed E-state index contributed by atoms with van der Waals surface area (Å²) in [5, 5.41) is 0. The zero-order valence-electron chi connectivity index (χ0n) is 17.5. The number of amides is 1. The van der Waals surface area contributed by atoms with Crippen LogP contribution in [-0.2, 0) is 12.8 Å². The average molecular weight is 420 g/mol. The van der Waals surface area contributed by atoms with Gasteiger partial charge in [-0.25, -0.2) is 4.98 Å². The molecular formula is C23H27F3N2O2. The molecular weight excluding hydrogens is 393 g/mol. The van der Waals surface area contributed by atoms with Crippen molar-refractivity contribution in [1.82, 2.24) is 9.88 Å². The summed E-state index contributed by atoms with van der Waals surface area (Å²) in [6.07, 6.45) is -2.43. The van der Waals surface area contributed by atoms with Crippen molar-refractivity contribution in [1.29, 1.82) is 0 Å². The van der Waals surface area contributed by atoms with E-state index in [2.05, 4.69) is 25.8 Å². The summed E-state index contributed by atoms with van der Waals surface area (Å²) in [6, 6.07) is 9.78. The number of halogens is 3. The Morgan fingerprint density at radius 3 is 2.70 bits per heavy atom. The van der Waals surface area contributed by atoms with E-state index in [0.29, 0.717) is 30.4 Å². The minimum absolute atomic E-state index is 0.0220. The van der Waals surface area contributed by atoms with Crippen molar-refractivity contribution in [3.05, 3.63) is 59.4 Å². The highest BCUT2D eigenvalue weighted by Gasteiger charge is 2.31. The van der Waals surface area contributed by atoms with Crippen LogP contribution >= 0.6 is 0 Å². The fourth-order valence-corrected chi connectivity index (χ4v) is 3.96. The van der Waals surface area contributed by atoms with E-state index in [0.717, 1.165) is 25.0 Å². The molecule has 0 spiro atoms. The molecule has 1 saturated heterocycles. The zero-order valence-corrected chi connectivity index (χ0v) is 17.5. The second-order valence-electron chi connectivity index (χ2n) is 8.80. The molecule has 0 aliphatic carbocycles. The summed E-state index contributed by atoms with van der Waals surface area (Å²) in [5.74, 6) is 0.381. The number of nitrogens with zero attached hydrogens (tertiary/aromatic N) is 2. The van der Waals surface area contributed by atoms with Gasteiger partial charge in [0.2, 0.25) is 0 Å². The number of likely N-dealkylation sites (tertiary alicyclic amines) is 1. The first kappa shape index (κ1) is 22.1. The maximum Gasteiger partial charge on any atom is 0.416 e. The molecule has 1 fully saturated rings. The first-order chi connectivity index (χ1) is 14.0. The molecule has 0 unspecified atom stereocenters. The van der Waals surface area contributed by atoms with Gasteiger partial charge in [-0.05, 0) is 54.5 Å². The van der Waals surface area contributed by atoms with E-state index in [-0.39, 0.29) is 23.7 Å². The molecule has 1 aromatic heterocycles. The summed E-state index contributed by atoms with van der Waals surface area (Å²) in [7, 11) is 0. The van der Waals surface area contributed by atoms with Crippen molar-refractivity contribution in [2.75, 3.05) is 13.1 Å². The third-order valence-corrected chi connectivity index (χ3v) is 5.35. The van der Waals surface area contributed by atoms with Gasteiger partial charge in [-0.3, -0.25) is 4.79 Å². The number of carbonyl (C=O) groups excluding carboxylic acids is 1.